The zero-order valence-electron chi connectivity index (χ0n) is 13.0. The molecular formula is C15H20N6O2. The van der Waals surface area contributed by atoms with Gasteiger partial charge in [0, 0.05) is 38.2 Å². The van der Waals surface area contributed by atoms with Gasteiger partial charge >= 0.3 is 0 Å². The van der Waals surface area contributed by atoms with Crippen LogP contribution in [0.4, 0.5) is 5.95 Å². The monoisotopic (exact) mass is 316 g/mol. The van der Waals surface area contributed by atoms with Gasteiger partial charge < -0.3 is 15.3 Å². The van der Waals surface area contributed by atoms with Crippen molar-refractivity contribution in [2.45, 2.75) is 25.5 Å². The van der Waals surface area contributed by atoms with Crippen LogP contribution >= 0.6 is 0 Å². The molecule has 23 heavy (non-hydrogen) atoms. The number of amides is 1. The molecule has 0 bridgehead atoms. The van der Waals surface area contributed by atoms with E-state index in [1.807, 2.05) is 11.8 Å². The first kappa shape index (κ1) is 15.4. The summed E-state index contributed by atoms with van der Waals surface area (Å²) < 4.78 is 1.69. The third-order valence-electron chi connectivity index (χ3n) is 3.96. The van der Waals surface area contributed by atoms with Gasteiger partial charge in [-0.3, -0.25) is 9.48 Å². The molecule has 2 aromatic heterocycles. The van der Waals surface area contributed by atoms with Crippen molar-refractivity contribution >= 4 is 11.9 Å². The Morgan fingerprint density at radius 2 is 2.22 bits per heavy atom. The molecule has 1 aliphatic rings. The molecule has 1 fully saturated rings. The quantitative estimate of drug-likeness (QED) is 0.810. The van der Waals surface area contributed by atoms with Crippen LogP contribution in [-0.2, 0) is 6.54 Å². The minimum atomic E-state index is -0.977. The van der Waals surface area contributed by atoms with Gasteiger partial charge in [0.1, 0.15) is 5.60 Å². The zero-order chi connectivity index (χ0) is 16.3. The maximum atomic E-state index is 12.1. The first-order chi connectivity index (χ1) is 11.1. The standard InChI is InChI=1S/C15H20N6O2/c1-2-21-9-12(8-19-21)13(22)18-10-15(23)4-7-20(11-15)14-16-5-3-6-17-14/h3,5-6,8-9,23H,2,4,7,10-11H2,1H3,(H,18,22)/t15-/m0/s1. The summed E-state index contributed by atoms with van der Waals surface area (Å²) in [6.45, 7) is 3.90. The van der Waals surface area contributed by atoms with Crippen LogP contribution < -0.4 is 10.2 Å². The average Bonchev–Trinajstić information content (AvgIpc) is 3.21. The maximum absolute atomic E-state index is 12.1. The third kappa shape index (κ3) is 3.48. The molecule has 1 saturated heterocycles. The van der Waals surface area contributed by atoms with E-state index < -0.39 is 5.60 Å². The van der Waals surface area contributed by atoms with Crippen LogP contribution in [0.5, 0.6) is 0 Å². The zero-order valence-corrected chi connectivity index (χ0v) is 13.0. The Balaban J connectivity index is 1.56. The summed E-state index contributed by atoms with van der Waals surface area (Å²) in [6, 6.07) is 1.75. The number of carbonyl (C=O) groups excluding carboxylic acids is 1. The van der Waals surface area contributed by atoms with Crippen LogP contribution in [0.25, 0.3) is 0 Å². The van der Waals surface area contributed by atoms with E-state index in [1.54, 1.807) is 29.3 Å². The van der Waals surface area contributed by atoms with Gasteiger partial charge in [-0.15, -0.1) is 0 Å². The van der Waals surface area contributed by atoms with E-state index in [9.17, 15) is 9.90 Å². The molecule has 3 rings (SSSR count). The van der Waals surface area contributed by atoms with Crippen molar-refractivity contribution in [1.82, 2.24) is 25.1 Å². The fraction of sp³-hybridized carbons (Fsp3) is 0.467. The SMILES string of the molecule is CCn1cc(C(=O)NC[C@@]2(O)CCN(c3ncccn3)C2)cn1. The van der Waals surface area contributed by atoms with Crippen molar-refractivity contribution in [3.05, 3.63) is 36.4 Å². The third-order valence-corrected chi connectivity index (χ3v) is 3.96. The molecule has 0 saturated carbocycles. The van der Waals surface area contributed by atoms with E-state index in [0.717, 1.165) is 0 Å². The number of aliphatic hydroxyl groups is 1. The van der Waals surface area contributed by atoms with Gasteiger partial charge in [-0.2, -0.15) is 5.10 Å². The number of anilines is 1. The van der Waals surface area contributed by atoms with Gasteiger partial charge in [-0.1, -0.05) is 0 Å². The van der Waals surface area contributed by atoms with Gasteiger partial charge in [0.15, 0.2) is 0 Å². The Labute approximate surface area is 134 Å². The number of hydrogen-bond acceptors (Lipinski definition) is 6. The number of nitrogens with one attached hydrogen (secondary N) is 1. The molecule has 8 nitrogen and oxygen atoms in total. The number of aryl methyl sites for hydroxylation is 1. The predicted octanol–water partition coefficient (Wildman–Crippen LogP) is 0.0642. The fourth-order valence-electron chi connectivity index (χ4n) is 2.63. The van der Waals surface area contributed by atoms with Crippen LogP contribution in [0.15, 0.2) is 30.9 Å². The normalized spacial score (nSPS) is 20.7. The Morgan fingerprint density at radius 3 is 2.91 bits per heavy atom. The van der Waals surface area contributed by atoms with Crippen LogP contribution in [0, 0.1) is 0 Å². The van der Waals surface area contributed by atoms with Crippen molar-refractivity contribution in [2.75, 3.05) is 24.5 Å². The second-order valence-corrected chi connectivity index (χ2v) is 5.71. The highest BCUT2D eigenvalue weighted by molar-refractivity contribution is 5.93. The summed E-state index contributed by atoms with van der Waals surface area (Å²) in [4.78, 5) is 22.4. The lowest BCUT2D eigenvalue weighted by Crippen LogP contribution is -2.45. The van der Waals surface area contributed by atoms with E-state index >= 15 is 0 Å². The molecule has 2 aromatic rings. The van der Waals surface area contributed by atoms with Crippen LogP contribution in [0.3, 0.4) is 0 Å². The molecule has 1 amide bonds. The number of rotatable bonds is 5. The predicted molar refractivity (Wildman–Crippen MR) is 84.0 cm³/mol. The lowest BCUT2D eigenvalue weighted by molar-refractivity contribution is 0.0575. The smallest absolute Gasteiger partial charge is 0.254 e. The van der Waals surface area contributed by atoms with Gasteiger partial charge in [0.05, 0.1) is 18.3 Å². The van der Waals surface area contributed by atoms with Crippen molar-refractivity contribution < 1.29 is 9.90 Å². The molecule has 3 heterocycles. The molecule has 0 spiro atoms. The van der Waals surface area contributed by atoms with Gasteiger partial charge in [-0.25, -0.2) is 9.97 Å². The average molecular weight is 316 g/mol. The highest BCUT2D eigenvalue weighted by Gasteiger charge is 2.37. The molecule has 2 N–H and O–H groups in total. The van der Waals surface area contributed by atoms with E-state index in [2.05, 4.69) is 20.4 Å². The second kappa shape index (κ2) is 6.33. The number of carbonyl (C=O) groups is 1. The van der Waals surface area contributed by atoms with Crippen molar-refractivity contribution in [1.29, 1.82) is 0 Å². The van der Waals surface area contributed by atoms with Crippen LogP contribution in [-0.4, -0.2) is 56.0 Å². The largest absolute Gasteiger partial charge is 0.386 e. The van der Waals surface area contributed by atoms with Crippen LogP contribution in [0.1, 0.15) is 23.7 Å². The van der Waals surface area contributed by atoms with Crippen molar-refractivity contribution in [3.8, 4) is 0 Å². The lowest BCUT2D eigenvalue weighted by Gasteiger charge is -2.23. The van der Waals surface area contributed by atoms with E-state index in [0.29, 0.717) is 37.6 Å². The topological polar surface area (TPSA) is 96.2 Å². The summed E-state index contributed by atoms with van der Waals surface area (Å²) >= 11 is 0. The minimum Gasteiger partial charge on any atom is -0.386 e. The van der Waals surface area contributed by atoms with E-state index in [4.69, 9.17) is 0 Å². The molecule has 8 heteroatoms. The molecule has 0 unspecified atom stereocenters. The van der Waals surface area contributed by atoms with Gasteiger partial charge in [-0.05, 0) is 19.4 Å². The summed E-state index contributed by atoms with van der Waals surface area (Å²) in [7, 11) is 0. The maximum Gasteiger partial charge on any atom is 0.254 e. The van der Waals surface area contributed by atoms with Gasteiger partial charge in [0.25, 0.3) is 5.91 Å². The molecular weight excluding hydrogens is 296 g/mol. The summed E-state index contributed by atoms with van der Waals surface area (Å²) in [6.07, 6.45) is 7.12. The second-order valence-electron chi connectivity index (χ2n) is 5.71. The molecule has 0 aliphatic carbocycles. The highest BCUT2D eigenvalue weighted by Crippen LogP contribution is 2.23. The van der Waals surface area contributed by atoms with Crippen molar-refractivity contribution in [2.24, 2.45) is 0 Å². The molecule has 122 valence electrons. The Hall–Kier alpha value is -2.48. The molecule has 0 radical (unpaired) electrons. The van der Waals surface area contributed by atoms with Crippen LogP contribution in [0.2, 0.25) is 0 Å². The van der Waals surface area contributed by atoms with Gasteiger partial charge in [0.2, 0.25) is 5.95 Å². The number of aromatic nitrogens is 4. The Bertz CT molecular complexity index is 674. The lowest BCUT2D eigenvalue weighted by atomic mass is 10.0. The number of hydrogen-bond donors (Lipinski definition) is 2. The Morgan fingerprint density at radius 1 is 1.43 bits per heavy atom. The van der Waals surface area contributed by atoms with Crippen molar-refractivity contribution in [3.63, 3.8) is 0 Å². The highest BCUT2D eigenvalue weighted by atomic mass is 16.3. The molecule has 1 atom stereocenters. The Kier molecular flexibility index (Phi) is 4.24. The molecule has 1 aliphatic heterocycles. The first-order valence-corrected chi connectivity index (χ1v) is 7.65. The summed E-state index contributed by atoms with van der Waals surface area (Å²) in [5.41, 5.74) is -0.480. The van der Waals surface area contributed by atoms with E-state index in [1.165, 1.54) is 6.20 Å². The first-order valence-electron chi connectivity index (χ1n) is 7.65. The summed E-state index contributed by atoms with van der Waals surface area (Å²) in [5.74, 6) is 0.367. The summed E-state index contributed by atoms with van der Waals surface area (Å²) in [5, 5.41) is 17.5. The fourth-order valence-corrected chi connectivity index (χ4v) is 2.63. The number of β-amino-alcohol motifs (C(OH)–C–C–N with tert-alkyl or cyclic N) is 1. The molecule has 0 aromatic carbocycles. The number of nitrogens with zero attached hydrogens (tertiary/aromatic N) is 5. The minimum absolute atomic E-state index is 0.187. The van der Waals surface area contributed by atoms with E-state index in [-0.39, 0.29) is 12.5 Å².